The van der Waals surface area contributed by atoms with Crippen molar-refractivity contribution in [3.63, 3.8) is 0 Å². The van der Waals surface area contributed by atoms with Crippen molar-refractivity contribution < 1.29 is 19.1 Å². The van der Waals surface area contributed by atoms with Crippen LogP contribution in [0.15, 0.2) is 41.5 Å². The molecule has 0 fully saturated rings. The van der Waals surface area contributed by atoms with Crippen LogP contribution in [-0.2, 0) is 25.8 Å². The number of hydrazone groups is 1. The number of para-hydroxylation sites is 1. The lowest BCUT2D eigenvalue weighted by molar-refractivity contribution is -0.139. The Kier molecular flexibility index (Phi) is 5.92. The molecule has 0 saturated heterocycles. The fraction of sp³-hybridized carbons (Fsp3) is 0.333. The number of anilines is 1. The van der Waals surface area contributed by atoms with Gasteiger partial charge in [-0.1, -0.05) is 35.9 Å². The van der Waals surface area contributed by atoms with E-state index in [0.29, 0.717) is 17.9 Å². The molecule has 1 atom stereocenters. The van der Waals surface area contributed by atoms with E-state index in [1.54, 1.807) is 4.90 Å². The molecular weight excluding hydrogens is 440 g/mol. The SMILES string of the molecule is CCOc1ccccc1CN1C(=O)C2(SC(NC(C)=O)=NN2C(C)=O)c2cc(C)cc(C)c21. The molecule has 4 rings (SSSR count). The maximum atomic E-state index is 14.2. The second-order valence-electron chi connectivity index (χ2n) is 8.07. The Labute approximate surface area is 197 Å². The van der Waals surface area contributed by atoms with Crippen LogP contribution in [0.4, 0.5) is 5.69 Å². The molecule has 2 aromatic rings. The lowest BCUT2D eigenvalue weighted by Gasteiger charge is -2.29. The van der Waals surface area contributed by atoms with E-state index in [1.807, 2.05) is 57.2 Å². The van der Waals surface area contributed by atoms with Gasteiger partial charge in [0.1, 0.15) is 5.75 Å². The standard InChI is InChI=1S/C24H26N4O4S/c1-6-32-20-10-8-7-9-18(20)13-27-21-15(3)11-14(2)12-19(21)24(22(27)31)28(17(5)30)26-23(33-24)25-16(4)29/h7-12H,6,13H2,1-5H3,(H,25,26,29). The van der Waals surface area contributed by atoms with E-state index >= 15 is 0 Å². The first-order valence-corrected chi connectivity index (χ1v) is 11.5. The number of carbonyl (C=O) groups excluding carboxylic acids is 3. The zero-order chi connectivity index (χ0) is 23.9. The highest BCUT2D eigenvalue weighted by Crippen LogP contribution is 2.56. The first-order chi connectivity index (χ1) is 15.7. The molecule has 2 aliphatic rings. The van der Waals surface area contributed by atoms with E-state index in [-0.39, 0.29) is 23.5 Å². The van der Waals surface area contributed by atoms with Crippen molar-refractivity contribution in [2.24, 2.45) is 5.10 Å². The number of nitrogens with one attached hydrogen (secondary N) is 1. The van der Waals surface area contributed by atoms with Gasteiger partial charge in [0.2, 0.25) is 16.7 Å². The summed E-state index contributed by atoms with van der Waals surface area (Å²) < 4.78 is 5.78. The second kappa shape index (κ2) is 8.55. The summed E-state index contributed by atoms with van der Waals surface area (Å²) in [6.45, 7) is 9.32. The van der Waals surface area contributed by atoms with Crippen LogP contribution in [0.1, 0.15) is 43.0 Å². The van der Waals surface area contributed by atoms with E-state index < -0.39 is 10.8 Å². The van der Waals surface area contributed by atoms with Crippen molar-refractivity contribution >= 4 is 40.3 Å². The van der Waals surface area contributed by atoms with Gasteiger partial charge in [0, 0.05) is 25.0 Å². The summed E-state index contributed by atoms with van der Waals surface area (Å²) in [6.07, 6.45) is 0. The summed E-state index contributed by atoms with van der Waals surface area (Å²) in [7, 11) is 0. The number of nitrogens with zero attached hydrogens (tertiary/aromatic N) is 3. The molecule has 9 heteroatoms. The highest BCUT2D eigenvalue weighted by Gasteiger charge is 2.61. The average Bonchev–Trinajstić information content (AvgIpc) is 3.22. The Bertz CT molecular complexity index is 1190. The molecule has 172 valence electrons. The molecule has 0 bridgehead atoms. The number of amides is 3. The Morgan fingerprint density at radius 3 is 2.58 bits per heavy atom. The third-order valence-electron chi connectivity index (χ3n) is 5.53. The van der Waals surface area contributed by atoms with Crippen LogP contribution in [0, 0.1) is 13.8 Å². The quantitative estimate of drug-likeness (QED) is 0.746. The summed E-state index contributed by atoms with van der Waals surface area (Å²) in [4.78, 5) is 38.8. The van der Waals surface area contributed by atoms with Crippen LogP contribution in [0.5, 0.6) is 5.75 Å². The van der Waals surface area contributed by atoms with Crippen LogP contribution >= 0.6 is 11.8 Å². The van der Waals surface area contributed by atoms with Gasteiger partial charge in [-0.05, 0) is 44.2 Å². The van der Waals surface area contributed by atoms with Crippen molar-refractivity contribution in [1.82, 2.24) is 10.3 Å². The maximum Gasteiger partial charge on any atom is 0.271 e. The van der Waals surface area contributed by atoms with Gasteiger partial charge >= 0.3 is 0 Å². The number of ether oxygens (including phenoxy) is 1. The lowest BCUT2D eigenvalue weighted by Crippen LogP contribution is -2.48. The van der Waals surface area contributed by atoms with Gasteiger partial charge in [-0.3, -0.25) is 14.4 Å². The largest absolute Gasteiger partial charge is 0.494 e. The Hall–Kier alpha value is -3.33. The fourth-order valence-corrected chi connectivity index (χ4v) is 5.71. The number of aryl methyl sites for hydroxylation is 2. The molecule has 33 heavy (non-hydrogen) atoms. The van der Waals surface area contributed by atoms with Gasteiger partial charge in [0.15, 0.2) is 5.17 Å². The van der Waals surface area contributed by atoms with E-state index in [9.17, 15) is 14.4 Å². The molecule has 8 nitrogen and oxygen atoms in total. The number of amidine groups is 1. The summed E-state index contributed by atoms with van der Waals surface area (Å²) in [5.41, 5.74) is 4.17. The van der Waals surface area contributed by atoms with Crippen molar-refractivity contribution in [1.29, 1.82) is 0 Å². The summed E-state index contributed by atoms with van der Waals surface area (Å²) in [5, 5.41) is 8.36. The molecule has 3 amide bonds. The van der Waals surface area contributed by atoms with Crippen LogP contribution in [0.25, 0.3) is 0 Å². The van der Waals surface area contributed by atoms with E-state index in [2.05, 4.69) is 10.4 Å². The predicted octanol–water partition coefficient (Wildman–Crippen LogP) is 3.40. The molecule has 0 radical (unpaired) electrons. The number of hydrogen-bond acceptors (Lipinski definition) is 6. The molecule has 1 unspecified atom stereocenters. The number of thioether (sulfide) groups is 1. The van der Waals surface area contributed by atoms with Crippen molar-refractivity contribution in [2.45, 2.75) is 46.0 Å². The highest BCUT2D eigenvalue weighted by atomic mass is 32.2. The fourth-order valence-electron chi connectivity index (χ4n) is 4.39. The minimum absolute atomic E-state index is 0.215. The maximum absolute atomic E-state index is 14.2. The zero-order valence-corrected chi connectivity index (χ0v) is 20.1. The lowest BCUT2D eigenvalue weighted by atomic mass is 10.0. The second-order valence-corrected chi connectivity index (χ2v) is 9.25. The van der Waals surface area contributed by atoms with Crippen LogP contribution in [0.3, 0.4) is 0 Å². The average molecular weight is 467 g/mol. The van der Waals surface area contributed by atoms with Gasteiger partial charge in [0.05, 0.1) is 18.8 Å². The Morgan fingerprint density at radius 2 is 1.91 bits per heavy atom. The summed E-state index contributed by atoms with van der Waals surface area (Å²) in [5.74, 6) is -0.298. The predicted molar refractivity (Wildman–Crippen MR) is 128 cm³/mol. The zero-order valence-electron chi connectivity index (χ0n) is 19.3. The van der Waals surface area contributed by atoms with Gasteiger partial charge in [-0.2, -0.15) is 5.01 Å². The van der Waals surface area contributed by atoms with Gasteiger partial charge < -0.3 is 15.0 Å². The monoisotopic (exact) mass is 466 g/mol. The van der Waals surface area contributed by atoms with Crippen molar-refractivity contribution in [2.75, 3.05) is 11.5 Å². The molecule has 0 aromatic heterocycles. The van der Waals surface area contributed by atoms with Gasteiger partial charge in [-0.25, -0.2) is 0 Å². The van der Waals surface area contributed by atoms with Gasteiger partial charge in [-0.15, -0.1) is 5.10 Å². The van der Waals surface area contributed by atoms with E-state index in [4.69, 9.17) is 4.74 Å². The molecule has 0 aliphatic carbocycles. The van der Waals surface area contributed by atoms with Crippen LogP contribution in [-0.4, -0.2) is 34.5 Å². The number of hydrogen-bond donors (Lipinski definition) is 1. The van der Waals surface area contributed by atoms with Crippen molar-refractivity contribution in [3.8, 4) is 5.75 Å². The molecule has 2 heterocycles. The third kappa shape index (κ3) is 3.76. The molecular formula is C24H26N4O4S. The summed E-state index contributed by atoms with van der Waals surface area (Å²) >= 11 is 1.08. The number of fused-ring (bicyclic) bond motifs is 2. The van der Waals surface area contributed by atoms with Gasteiger partial charge in [0.25, 0.3) is 5.91 Å². The minimum Gasteiger partial charge on any atom is -0.494 e. The number of rotatable bonds is 4. The molecule has 1 spiro atoms. The minimum atomic E-state index is -1.42. The highest BCUT2D eigenvalue weighted by molar-refractivity contribution is 8.15. The molecule has 1 N–H and O–H groups in total. The first-order valence-electron chi connectivity index (χ1n) is 10.7. The summed E-state index contributed by atoms with van der Waals surface area (Å²) in [6, 6.07) is 11.5. The number of benzene rings is 2. The van der Waals surface area contributed by atoms with Crippen molar-refractivity contribution in [3.05, 3.63) is 58.7 Å². The van der Waals surface area contributed by atoms with E-state index in [1.165, 1.54) is 18.9 Å². The van der Waals surface area contributed by atoms with Crippen LogP contribution < -0.4 is 15.0 Å². The Morgan fingerprint density at radius 1 is 1.18 bits per heavy atom. The van der Waals surface area contributed by atoms with Crippen LogP contribution in [0.2, 0.25) is 0 Å². The molecule has 2 aromatic carbocycles. The normalized spacial score (nSPS) is 19.1. The first kappa shape index (κ1) is 22.8. The topological polar surface area (TPSA) is 91.3 Å². The molecule has 0 saturated carbocycles. The molecule has 2 aliphatic heterocycles. The van der Waals surface area contributed by atoms with E-state index in [0.717, 1.165) is 34.1 Å². The smallest absolute Gasteiger partial charge is 0.271 e. The number of carbonyl (C=O) groups is 3. The Balaban J connectivity index is 1.87. The third-order valence-corrected chi connectivity index (χ3v) is 6.77.